The quantitative estimate of drug-likeness (QED) is 0.393. The van der Waals surface area contributed by atoms with E-state index in [-0.39, 0.29) is 5.91 Å². The Morgan fingerprint density at radius 3 is 2.62 bits per heavy atom. The zero-order valence-corrected chi connectivity index (χ0v) is 18.7. The molecule has 0 spiro atoms. The molecule has 0 aliphatic rings. The van der Waals surface area contributed by atoms with Crippen LogP contribution in [0.15, 0.2) is 71.5 Å². The molecule has 5 nitrogen and oxygen atoms in total. The Morgan fingerprint density at radius 1 is 1.16 bits per heavy atom. The number of carbonyl (C=O) groups is 1. The van der Waals surface area contributed by atoms with Crippen LogP contribution in [0.25, 0.3) is 27.7 Å². The Morgan fingerprint density at radius 2 is 1.94 bits per heavy atom. The van der Waals surface area contributed by atoms with Gasteiger partial charge in [0, 0.05) is 34.3 Å². The number of furan rings is 1. The molecule has 2 heterocycles. The summed E-state index contributed by atoms with van der Waals surface area (Å²) in [6.45, 7) is 6.33. The number of ether oxygens (including phenoxy) is 1. The second-order valence-corrected chi connectivity index (χ2v) is 7.84. The molecular formula is C27H26N2O3. The molecule has 32 heavy (non-hydrogen) atoms. The number of nitrogens with zero attached hydrogens (tertiary/aromatic N) is 1. The van der Waals surface area contributed by atoms with Gasteiger partial charge in [-0.15, -0.1) is 0 Å². The summed E-state index contributed by atoms with van der Waals surface area (Å²) >= 11 is 0. The van der Waals surface area contributed by atoms with Crippen LogP contribution in [-0.2, 0) is 11.3 Å². The van der Waals surface area contributed by atoms with Crippen molar-refractivity contribution in [1.29, 1.82) is 0 Å². The van der Waals surface area contributed by atoms with Crippen LogP contribution in [0.2, 0.25) is 0 Å². The molecule has 1 N–H and O–H groups in total. The highest BCUT2D eigenvalue weighted by molar-refractivity contribution is 6.01. The van der Waals surface area contributed by atoms with Crippen molar-refractivity contribution in [3.63, 3.8) is 0 Å². The zero-order valence-electron chi connectivity index (χ0n) is 18.7. The van der Waals surface area contributed by atoms with Crippen molar-refractivity contribution in [2.75, 3.05) is 7.11 Å². The molecule has 4 aromatic rings. The van der Waals surface area contributed by atoms with Crippen LogP contribution in [0.3, 0.4) is 0 Å². The van der Waals surface area contributed by atoms with E-state index in [1.807, 2.05) is 38.1 Å². The van der Waals surface area contributed by atoms with Gasteiger partial charge in [-0.2, -0.15) is 0 Å². The average molecular weight is 427 g/mol. The third-order valence-corrected chi connectivity index (χ3v) is 5.55. The first-order chi connectivity index (χ1) is 15.5. The molecule has 0 bridgehead atoms. The fraction of sp³-hybridized carbons (Fsp3) is 0.185. The summed E-state index contributed by atoms with van der Waals surface area (Å²) in [6.07, 6.45) is 5.09. The molecule has 4 rings (SSSR count). The number of aromatic nitrogens is 1. The molecule has 5 heteroatoms. The first-order valence-electron chi connectivity index (χ1n) is 10.5. The number of allylic oxidation sites excluding steroid dienone is 1. The Bertz CT molecular complexity index is 1290. The van der Waals surface area contributed by atoms with Crippen LogP contribution in [-0.4, -0.2) is 18.0 Å². The predicted molar refractivity (Wildman–Crippen MR) is 127 cm³/mol. The third-order valence-electron chi connectivity index (χ3n) is 5.55. The van der Waals surface area contributed by atoms with Crippen molar-refractivity contribution >= 4 is 22.4 Å². The predicted octanol–water partition coefficient (Wildman–Crippen LogP) is 5.84. The number of methoxy groups -OCH3 is 1. The Hall–Kier alpha value is -3.86. The van der Waals surface area contributed by atoms with Crippen molar-refractivity contribution in [2.24, 2.45) is 0 Å². The van der Waals surface area contributed by atoms with E-state index in [0.29, 0.717) is 12.3 Å². The van der Waals surface area contributed by atoms with Crippen LogP contribution >= 0.6 is 0 Å². The van der Waals surface area contributed by atoms with Gasteiger partial charge in [-0.3, -0.25) is 9.78 Å². The van der Waals surface area contributed by atoms with Gasteiger partial charge in [0.25, 0.3) is 0 Å². The van der Waals surface area contributed by atoms with Crippen molar-refractivity contribution < 1.29 is 13.9 Å². The molecule has 1 amide bonds. The topological polar surface area (TPSA) is 64.4 Å². The van der Waals surface area contributed by atoms with E-state index < -0.39 is 0 Å². The van der Waals surface area contributed by atoms with E-state index >= 15 is 0 Å². The van der Waals surface area contributed by atoms with Crippen molar-refractivity contribution in [3.05, 3.63) is 89.5 Å². The molecule has 0 atom stereocenters. The number of benzene rings is 2. The van der Waals surface area contributed by atoms with Gasteiger partial charge in [-0.1, -0.05) is 35.9 Å². The summed E-state index contributed by atoms with van der Waals surface area (Å²) in [6, 6.07) is 16.0. The minimum atomic E-state index is -0.182. The van der Waals surface area contributed by atoms with Crippen LogP contribution in [0.1, 0.15) is 29.3 Å². The van der Waals surface area contributed by atoms with Gasteiger partial charge in [0.1, 0.15) is 11.3 Å². The van der Waals surface area contributed by atoms with E-state index in [0.717, 1.165) is 44.5 Å². The second-order valence-electron chi connectivity index (χ2n) is 7.84. The lowest BCUT2D eigenvalue weighted by Gasteiger charge is -2.13. The fourth-order valence-electron chi connectivity index (χ4n) is 3.83. The molecular weight excluding hydrogens is 400 g/mol. The summed E-state index contributed by atoms with van der Waals surface area (Å²) in [4.78, 5) is 16.8. The Kier molecular flexibility index (Phi) is 6.08. The summed E-state index contributed by atoms with van der Waals surface area (Å²) in [5.41, 5.74) is 7.47. The number of amides is 1. The van der Waals surface area contributed by atoms with Crippen LogP contribution < -0.4 is 10.1 Å². The van der Waals surface area contributed by atoms with Gasteiger partial charge in [0.05, 0.1) is 25.6 Å². The van der Waals surface area contributed by atoms with Gasteiger partial charge in [-0.05, 0) is 50.1 Å². The number of pyridine rings is 1. The molecule has 0 fully saturated rings. The first kappa shape index (κ1) is 21.4. The van der Waals surface area contributed by atoms with Gasteiger partial charge < -0.3 is 14.5 Å². The first-order valence-corrected chi connectivity index (χ1v) is 10.5. The smallest absolute Gasteiger partial charge is 0.244 e. The minimum absolute atomic E-state index is 0.182. The molecule has 2 aromatic carbocycles. The highest BCUT2D eigenvalue weighted by Crippen LogP contribution is 2.40. The van der Waals surface area contributed by atoms with E-state index in [9.17, 15) is 4.79 Å². The number of nitrogens with one attached hydrogen (secondary N) is 1. The highest BCUT2D eigenvalue weighted by Gasteiger charge is 2.18. The monoisotopic (exact) mass is 426 g/mol. The number of hydrogen-bond donors (Lipinski definition) is 1. The Labute approximate surface area is 187 Å². The number of rotatable bonds is 6. The van der Waals surface area contributed by atoms with Crippen molar-refractivity contribution in [3.8, 4) is 16.9 Å². The average Bonchev–Trinajstić information content (AvgIpc) is 3.23. The molecule has 0 aliphatic heterocycles. The Balaban J connectivity index is 1.70. The number of hydrogen-bond acceptors (Lipinski definition) is 4. The summed E-state index contributed by atoms with van der Waals surface area (Å²) in [5, 5.41) is 3.88. The third kappa shape index (κ3) is 4.28. The summed E-state index contributed by atoms with van der Waals surface area (Å²) in [7, 11) is 1.63. The summed E-state index contributed by atoms with van der Waals surface area (Å²) in [5.74, 6) is 0.521. The lowest BCUT2D eigenvalue weighted by atomic mass is 9.96. The molecule has 2 aromatic heterocycles. The van der Waals surface area contributed by atoms with Crippen LogP contribution in [0.5, 0.6) is 5.75 Å². The van der Waals surface area contributed by atoms with Gasteiger partial charge in [-0.25, -0.2) is 0 Å². The molecule has 0 saturated heterocycles. The highest BCUT2D eigenvalue weighted by atomic mass is 16.5. The molecule has 0 radical (unpaired) electrons. The van der Waals surface area contributed by atoms with Gasteiger partial charge in [0.15, 0.2) is 0 Å². The van der Waals surface area contributed by atoms with Gasteiger partial charge >= 0.3 is 0 Å². The second kappa shape index (κ2) is 9.10. The molecule has 162 valence electrons. The SMILES string of the molecule is COc1c(/C(C)=C/C(=O)NCc2ccccn2)cc2c(-c3ccc(C)cc3)coc2c1C. The zero-order chi connectivity index (χ0) is 22.7. The van der Waals surface area contributed by atoms with Crippen LogP contribution in [0, 0.1) is 13.8 Å². The number of aryl methyl sites for hydroxylation is 2. The summed E-state index contributed by atoms with van der Waals surface area (Å²) < 4.78 is 11.6. The fourth-order valence-corrected chi connectivity index (χ4v) is 3.83. The lowest BCUT2D eigenvalue weighted by molar-refractivity contribution is -0.116. The molecule has 0 aliphatic carbocycles. The van der Waals surface area contributed by atoms with Crippen molar-refractivity contribution in [1.82, 2.24) is 10.3 Å². The minimum Gasteiger partial charge on any atom is -0.496 e. The lowest BCUT2D eigenvalue weighted by Crippen LogP contribution is -2.21. The molecule has 0 saturated carbocycles. The standard InChI is InChI=1S/C27H26N2O3/c1-17-8-10-20(11-9-17)24-16-32-27-19(3)26(31-4)22(14-23(24)27)18(2)13-25(30)29-15-21-7-5-6-12-28-21/h5-14,16H,15H2,1-4H3,(H,29,30)/b18-13+. The van der Waals surface area contributed by atoms with E-state index in [2.05, 4.69) is 41.5 Å². The maximum absolute atomic E-state index is 12.5. The number of carbonyl (C=O) groups excluding carboxylic acids is 1. The number of fused-ring (bicyclic) bond motifs is 1. The maximum atomic E-state index is 12.5. The molecule has 0 unspecified atom stereocenters. The van der Waals surface area contributed by atoms with Gasteiger partial charge in [0.2, 0.25) is 5.91 Å². The normalized spacial score (nSPS) is 11.6. The van der Waals surface area contributed by atoms with E-state index in [1.54, 1.807) is 25.6 Å². The van der Waals surface area contributed by atoms with Crippen LogP contribution in [0.4, 0.5) is 0 Å². The van der Waals surface area contributed by atoms with E-state index in [1.165, 1.54) is 5.56 Å². The van der Waals surface area contributed by atoms with Crippen molar-refractivity contribution in [2.45, 2.75) is 27.3 Å². The van der Waals surface area contributed by atoms with E-state index in [4.69, 9.17) is 9.15 Å². The maximum Gasteiger partial charge on any atom is 0.244 e. The largest absolute Gasteiger partial charge is 0.496 e.